The molecule has 0 aromatic carbocycles. The Balaban J connectivity index is 2.33. The van der Waals surface area contributed by atoms with Crippen molar-refractivity contribution in [3.05, 3.63) is 49.8 Å². The van der Waals surface area contributed by atoms with Crippen LogP contribution in [0.1, 0.15) is 11.3 Å². The molecular weight excluding hydrogens is 220 g/mol. The van der Waals surface area contributed by atoms with Gasteiger partial charge in [0.25, 0.3) is 0 Å². The monoisotopic (exact) mass is 226 g/mol. The molecule has 0 saturated carbocycles. The number of hydrogen-bond acceptors (Lipinski definition) is 3. The summed E-state index contributed by atoms with van der Waals surface area (Å²) < 4.78 is 0. The van der Waals surface area contributed by atoms with Crippen molar-refractivity contribution in [2.45, 2.75) is 6.42 Å². The van der Waals surface area contributed by atoms with Gasteiger partial charge in [0.2, 0.25) is 0 Å². The second-order valence-electron chi connectivity index (χ2n) is 2.82. The van der Waals surface area contributed by atoms with E-state index in [1.807, 2.05) is 16.8 Å². The second-order valence-corrected chi connectivity index (χ2v) is 4.01. The van der Waals surface area contributed by atoms with Crippen molar-refractivity contribution in [1.29, 1.82) is 0 Å². The Kier molecular flexibility index (Phi) is 2.65. The molecule has 0 fully saturated rings. The van der Waals surface area contributed by atoms with Gasteiger partial charge in [0, 0.05) is 12.1 Å². The molecule has 2 heterocycles. The lowest BCUT2D eigenvalue weighted by atomic mass is 10.2. The van der Waals surface area contributed by atoms with E-state index >= 15 is 0 Å². The highest BCUT2D eigenvalue weighted by molar-refractivity contribution is 7.07. The molecule has 0 unspecified atom stereocenters. The van der Waals surface area contributed by atoms with Gasteiger partial charge in [-0.3, -0.25) is 0 Å². The molecule has 72 valence electrons. The number of halogens is 1. The van der Waals surface area contributed by atoms with E-state index in [2.05, 4.69) is 9.97 Å². The van der Waals surface area contributed by atoms with E-state index in [0.29, 0.717) is 17.1 Å². The van der Waals surface area contributed by atoms with Crippen LogP contribution < -0.4 is 5.69 Å². The first-order valence-electron chi connectivity index (χ1n) is 4.00. The summed E-state index contributed by atoms with van der Waals surface area (Å²) in [5.41, 5.74) is 1.49. The zero-order valence-electron chi connectivity index (χ0n) is 7.16. The maximum atomic E-state index is 10.9. The van der Waals surface area contributed by atoms with Crippen molar-refractivity contribution >= 4 is 22.9 Å². The zero-order valence-corrected chi connectivity index (χ0v) is 8.73. The van der Waals surface area contributed by atoms with Gasteiger partial charge >= 0.3 is 5.69 Å². The minimum Gasteiger partial charge on any atom is -0.308 e. The molecule has 2 aromatic rings. The second kappa shape index (κ2) is 3.94. The van der Waals surface area contributed by atoms with Gasteiger partial charge in [-0.2, -0.15) is 11.3 Å². The Hall–Kier alpha value is -1.13. The van der Waals surface area contributed by atoms with Crippen molar-refractivity contribution in [3.63, 3.8) is 0 Å². The highest BCUT2D eigenvalue weighted by Gasteiger charge is 2.03. The van der Waals surface area contributed by atoms with Gasteiger partial charge < -0.3 is 4.98 Å². The Labute approximate surface area is 89.4 Å². The highest BCUT2D eigenvalue weighted by atomic mass is 35.5. The smallest absolute Gasteiger partial charge is 0.308 e. The van der Waals surface area contributed by atoms with E-state index < -0.39 is 0 Å². The average Bonchev–Trinajstić information content (AvgIpc) is 2.64. The lowest BCUT2D eigenvalue weighted by Gasteiger charge is -2.00. The maximum absolute atomic E-state index is 10.9. The molecule has 0 bridgehead atoms. The third-order valence-corrected chi connectivity index (χ3v) is 2.86. The lowest BCUT2D eigenvalue weighted by Crippen LogP contribution is -2.12. The first-order chi connectivity index (χ1) is 6.75. The van der Waals surface area contributed by atoms with Crippen LogP contribution in [0.5, 0.6) is 0 Å². The molecule has 0 atom stereocenters. The average molecular weight is 227 g/mol. The van der Waals surface area contributed by atoms with Crippen molar-refractivity contribution in [2.75, 3.05) is 0 Å². The summed E-state index contributed by atoms with van der Waals surface area (Å²) in [4.78, 5) is 17.1. The van der Waals surface area contributed by atoms with Gasteiger partial charge in [0.05, 0.1) is 11.2 Å². The summed E-state index contributed by atoms with van der Waals surface area (Å²) >= 11 is 7.50. The number of aromatic amines is 1. The lowest BCUT2D eigenvalue weighted by molar-refractivity contribution is 0.980. The molecule has 0 saturated heterocycles. The fourth-order valence-electron chi connectivity index (χ4n) is 1.14. The zero-order chi connectivity index (χ0) is 9.97. The Morgan fingerprint density at radius 2 is 2.43 bits per heavy atom. The SMILES string of the molecule is O=c1ncc(Cl)c(Cc2ccsc2)[nH]1. The van der Waals surface area contributed by atoms with Crippen molar-refractivity contribution in [2.24, 2.45) is 0 Å². The van der Waals surface area contributed by atoms with Crippen molar-refractivity contribution in [3.8, 4) is 0 Å². The predicted octanol–water partition coefficient (Wildman–Crippen LogP) is 2.08. The molecule has 0 amide bonds. The Morgan fingerprint density at radius 1 is 1.57 bits per heavy atom. The highest BCUT2D eigenvalue weighted by Crippen LogP contribution is 2.16. The molecule has 0 radical (unpaired) electrons. The molecule has 1 N–H and O–H groups in total. The van der Waals surface area contributed by atoms with E-state index in [9.17, 15) is 4.79 Å². The van der Waals surface area contributed by atoms with Crippen LogP contribution in [-0.4, -0.2) is 9.97 Å². The molecule has 0 spiro atoms. The summed E-state index contributed by atoms with van der Waals surface area (Å²) in [5.74, 6) is 0. The third-order valence-electron chi connectivity index (χ3n) is 1.80. The van der Waals surface area contributed by atoms with E-state index in [0.717, 1.165) is 5.56 Å². The minimum atomic E-state index is -0.361. The van der Waals surface area contributed by atoms with Crippen LogP contribution in [0.2, 0.25) is 5.02 Å². The van der Waals surface area contributed by atoms with Crippen LogP contribution in [-0.2, 0) is 6.42 Å². The van der Waals surface area contributed by atoms with E-state index in [4.69, 9.17) is 11.6 Å². The molecule has 3 nitrogen and oxygen atoms in total. The predicted molar refractivity (Wildman–Crippen MR) is 57.0 cm³/mol. The summed E-state index contributed by atoms with van der Waals surface area (Å²) in [6.07, 6.45) is 2.02. The van der Waals surface area contributed by atoms with Gasteiger partial charge in [-0.05, 0) is 22.4 Å². The van der Waals surface area contributed by atoms with E-state index in [1.54, 1.807) is 11.3 Å². The number of nitrogens with zero attached hydrogens (tertiary/aromatic N) is 1. The first kappa shape index (κ1) is 9.43. The number of H-pyrrole nitrogens is 1. The van der Waals surface area contributed by atoms with Gasteiger partial charge in [0.1, 0.15) is 0 Å². The first-order valence-corrected chi connectivity index (χ1v) is 5.32. The summed E-state index contributed by atoms with van der Waals surface area (Å²) in [6, 6.07) is 2.00. The summed E-state index contributed by atoms with van der Waals surface area (Å²) in [5, 5.41) is 4.51. The number of rotatable bonds is 2. The van der Waals surface area contributed by atoms with Gasteiger partial charge in [-0.1, -0.05) is 11.6 Å². The van der Waals surface area contributed by atoms with Crippen LogP contribution >= 0.6 is 22.9 Å². The molecular formula is C9H7ClN2OS. The molecule has 2 rings (SSSR count). The van der Waals surface area contributed by atoms with E-state index in [1.165, 1.54) is 6.20 Å². The molecule has 5 heteroatoms. The fraction of sp³-hybridized carbons (Fsp3) is 0.111. The van der Waals surface area contributed by atoms with Crippen LogP contribution in [0.25, 0.3) is 0 Å². The van der Waals surface area contributed by atoms with Crippen molar-refractivity contribution < 1.29 is 0 Å². The normalized spacial score (nSPS) is 10.4. The quantitative estimate of drug-likeness (QED) is 0.852. The number of hydrogen-bond donors (Lipinski definition) is 1. The molecule has 0 aliphatic carbocycles. The molecule has 0 aliphatic heterocycles. The van der Waals surface area contributed by atoms with Gasteiger partial charge in [-0.15, -0.1) is 0 Å². The molecule has 14 heavy (non-hydrogen) atoms. The van der Waals surface area contributed by atoms with Gasteiger partial charge in [0.15, 0.2) is 0 Å². The minimum absolute atomic E-state index is 0.361. The number of thiophene rings is 1. The van der Waals surface area contributed by atoms with Gasteiger partial charge in [-0.25, -0.2) is 9.78 Å². The Bertz CT molecular complexity index is 478. The van der Waals surface area contributed by atoms with Crippen molar-refractivity contribution in [1.82, 2.24) is 9.97 Å². The van der Waals surface area contributed by atoms with Crippen LogP contribution in [0.3, 0.4) is 0 Å². The standard InChI is InChI=1S/C9H7ClN2OS/c10-7-4-11-9(13)12-8(7)3-6-1-2-14-5-6/h1-2,4-5H,3H2,(H,11,12,13). The summed E-state index contributed by atoms with van der Waals surface area (Å²) in [7, 11) is 0. The Morgan fingerprint density at radius 3 is 3.14 bits per heavy atom. The third kappa shape index (κ3) is 2.02. The van der Waals surface area contributed by atoms with E-state index in [-0.39, 0.29) is 5.69 Å². The topological polar surface area (TPSA) is 45.8 Å². The molecule has 0 aliphatic rings. The summed E-state index contributed by atoms with van der Waals surface area (Å²) in [6.45, 7) is 0. The number of nitrogens with one attached hydrogen (secondary N) is 1. The van der Waals surface area contributed by atoms with Crippen LogP contribution in [0.15, 0.2) is 27.8 Å². The van der Waals surface area contributed by atoms with Crippen LogP contribution in [0, 0.1) is 0 Å². The van der Waals surface area contributed by atoms with Crippen LogP contribution in [0.4, 0.5) is 0 Å². The number of aromatic nitrogens is 2. The largest absolute Gasteiger partial charge is 0.345 e. The molecule has 2 aromatic heterocycles. The maximum Gasteiger partial charge on any atom is 0.345 e. The fourth-order valence-corrected chi connectivity index (χ4v) is 1.97.